The summed E-state index contributed by atoms with van der Waals surface area (Å²) < 4.78 is 5.79. The number of hydrogen-bond acceptors (Lipinski definition) is 5. The first-order valence-electron chi connectivity index (χ1n) is 16.7. The van der Waals surface area contributed by atoms with E-state index in [0.717, 1.165) is 54.7 Å². The third-order valence-corrected chi connectivity index (χ3v) is 11.7. The standard InChI is InChI=1S/C19H24N2O.C17H20N2O2/c22-19-16-6-2-4-14-3-1-5-15(18(14)16)11-21(19)17-12-20-9-7-13(17)8-10-20;1-19-11-6-7-12(19)9-13(8-11)21-17(20)15-10-18-16-5-3-2-4-14(15)16/h2,4,6,13,15,17H,1,3,5,7-12H2;2-5,10-13,18H,6-9H2,1H3/t15-,17-;11-,12+,13+/m1./s1. The summed E-state index contributed by atoms with van der Waals surface area (Å²) in [6.07, 6.45) is 12.5. The lowest BCUT2D eigenvalue weighted by Gasteiger charge is -2.51. The largest absolute Gasteiger partial charge is 0.459 e. The van der Waals surface area contributed by atoms with E-state index in [4.69, 9.17) is 4.74 Å². The third kappa shape index (κ3) is 4.89. The molecule has 10 rings (SSSR count). The van der Waals surface area contributed by atoms with Gasteiger partial charge in [-0.15, -0.1) is 0 Å². The van der Waals surface area contributed by atoms with Crippen molar-refractivity contribution in [1.29, 1.82) is 0 Å². The minimum Gasteiger partial charge on any atom is -0.459 e. The predicted octanol–water partition coefficient (Wildman–Crippen LogP) is 5.61. The number of para-hydroxylation sites is 1. The van der Waals surface area contributed by atoms with E-state index in [0.29, 0.717) is 35.5 Å². The molecule has 1 aliphatic carbocycles. The van der Waals surface area contributed by atoms with Crippen LogP contribution in [0.4, 0.5) is 0 Å². The van der Waals surface area contributed by atoms with Crippen LogP contribution in [0.2, 0.25) is 0 Å². The van der Waals surface area contributed by atoms with Gasteiger partial charge in [-0.25, -0.2) is 4.79 Å². The lowest BCUT2D eigenvalue weighted by Crippen LogP contribution is -2.60. The molecule has 1 N–H and O–H groups in total. The van der Waals surface area contributed by atoms with E-state index in [-0.39, 0.29) is 12.1 Å². The first-order chi connectivity index (χ1) is 21.0. The Labute approximate surface area is 254 Å². The molecule has 7 heterocycles. The molecule has 1 aromatic heterocycles. The number of benzene rings is 2. The van der Waals surface area contributed by atoms with Crippen molar-refractivity contribution < 1.29 is 14.3 Å². The Hall–Kier alpha value is -3.16. The lowest BCUT2D eigenvalue weighted by atomic mass is 9.75. The van der Waals surface area contributed by atoms with Gasteiger partial charge in [0, 0.05) is 72.6 Å². The molecular weight excluding hydrogens is 536 g/mol. The van der Waals surface area contributed by atoms with Crippen molar-refractivity contribution in [2.24, 2.45) is 5.92 Å². The molecule has 0 spiro atoms. The van der Waals surface area contributed by atoms with Gasteiger partial charge in [-0.1, -0.05) is 30.3 Å². The van der Waals surface area contributed by atoms with E-state index in [9.17, 15) is 9.59 Å². The van der Waals surface area contributed by atoms with E-state index in [2.05, 4.69) is 44.9 Å². The minimum atomic E-state index is -0.193. The van der Waals surface area contributed by atoms with Gasteiger partial charge >= 0.3 is 5.97 Å². The number of fused-ring (bicyclic) bond motifs is 6. The molecule has 3 aromatic rings. The normalized spacial score (nSPS) is 32.7. The fraction of sp³-hybridized carbons (Fsp3) is 0.556. The van der Waals surface area contributed by atoms with Crippen LogP contribution in [-0.2, 0) is 11.2 Å². The topological polar surface area (TPSA) is 68.9 Å². The summed E-state index contributed by atoms with van der Waals surface area (Å²) in [6.45, 7) is 4.57. The SMILES string of the molecule is CN1[C@@H]2CC[C@H]1C[C@@H](OC(=O)c1c[nH]c3ccccc13)C2.O=C1c2cccc3c2[C@H](CCC3)CN1[C@@H]1CN2CCC1CC2. The molecule has 5 saturated heterocycles. The summed E-state index contributed by atoms with van der Waals surface area (Å²) in [5.74, 6) is 1.45. The highest BCUT2D eigenvalue weighted by Crippen LogP contribution is 2.42. The fourth-order valence-electron chi connectivity index (χ4n) is 9.33. The van der Waals surface area contributed by atoms with Crippen LogP contribution in [0.25, 0.3) is 10.9 Å². The van der Waals surface area contributed by atoms with Crippen LogP contribution in [0.3, 0.4) is 0 Å². The second-order valence-electron chi connectivity index (χ2n) is 13.9. The zero-order valence-electron chi connectivity index (χ0n) is 25.3. The summed E-state index contributed by atoms with van der Waals surface area (Å²) >= 11 is 0. The fourth-order valence-corrected chi connectivity index (χ4v) is 9.33. The van der Waals surface area contributed by atoms with E-state index < -0.39 is 0 Å². The Balaban J connectivity index is 0.000000129. The van der Waals surface area contributed by atoms with Gasteiger partial charge in [0.2, 0.25) is 0 Å². The van der Waals surface area contributed by atoms with Gasteiger partial charge in [0.1, 0.15) is 6.10 Å². The van der Waals surface area contributed by atoms with Gasteiger partial charge in [-0.3, -0.25) is 4.79 Å². The Bertz CT molecular complexity index is 1510. The van der Waals surface area contributed by atoms with Crippen LogP contribution in [0, 0.1) is 5.92 Å². The summed E-state index contributed by atoms with van der Waals surface area (Å²) in [4.78, 5) is 36.0. The van der Waals surface area contributed by atoms with Crippen LogP contribution in [-0.4, -0.2) is 89.0 Å². The Morgan fingerprint density at radius 2 is 1.72 bits per heavy atom. The van der Waals surface area contributed by atoms with E-state index in [1.54, 1.807) is 6.20 Å². The number of aromatic amines is 1. The number of H-pyrrole nitrogens is 1. The van der Waals surface area contributed by atoms with Gasteiger partial charge in [0.25, 0.3) is 5.91 Å². The highest BCUT2D eigenvalue weighted by Gasteiger charge is 2.44. The molecule has 1 amide bonds. The number of rotatable bonds is 3. The maximum Gasteiger partial charge on any atom is 0.340 e. The van der Waals surface area contributed by atoms with Crippen molar-refractivity contribution in [1.82, 2.24) is 19.7 Å². The molecule has 4 bridgehead atoms. The monoisotopic (exact) mass is 580 g/mol. The van der Waals surface area contributed by atoms with E-state index in [1.165, 1.54) is 62.7 Å². The Morgan fingerprint density at radius 1 is 0.930 bits per heavy atom. The summed E-state index contributed by atoms with van der Waals surface area (Å²) in [6, 6.07) is 15.9. The maximum atomic E-state index is 13.1. The van der Waals surface area contributed by atoms with Crippen molar-refractivity contribution in [2.45, 2.75) is 87.9 Å². The zero-order chi connectivity index (χ0) is 29.1. The molecule has 0 saturated carbocycles. The number of nitrogens with zero attached hydrogens (tertiary/aromatic N) is 3. The van der Waals surface area contributed by atoms with Crippen LogP contribution < -0.4 is 0 Å². The number of piperidine rings is 4. The molecular formula is C36H44N4O3. The first kappa shape index (κ1) is 27.4. The second kappa shape index (κ2) is 11.1. The highest BCUT2D eigenvalue weighted by atomic mass is 16.5. The molecule has 0 unspecified atom stereocenters. The van der Waals surface area contributed by atoms with Gasteiger partial charge in [0.15, 0.2) is 0 Å². The average molecular weight is 581 g/mol. The number of carbonyl (C=O) groups excluding carboxylic acids is 2. The van der Waals surface area contributed by atoms with Crippen LogP contribution in [0.5, 0.6) is 0 Å². The number of aryl methyl sites for hydroxylation is 1. The Morgan fingerprint density at radius 3 is 2.49 bits per heavy atom. The number of amides is 1. The van der Waals surface area contributed by atoms with Crippen molar-refractivity contribution in [2.75, 3.05) is 33.2 Å². The molecule has 7 heteroatoms. The van der Waals surface area contributed by atoms with Gasteiger partial charge in [-0.05, 0) is 94.3 Å². The van der Waals surface area contributed by atoms with Crippen molar-refractivity contribution in [3.05, 3.63) is 70.9 Å². The van der Waals surface area contributed by atoms with Crippen LogP contribution in [0.15, 0.2) is 48.7 Å². The van der Waals surface area contributed by atoms with E-state index >= 15 is 0 Å². The van der Waals surface area contributed by atoms with Crippen molar-refractivity contribution in [3.63, 3.8) is 0 Å². The lowest BCUT2D eigenvalue weighted by molar-refractivity contribution is -0.000328. The molecule has 6 aliphatic heterocycles. The predicted molar refractivity (Wildman–Crippen MR) is 167 cm³/mol. The number of hydrogen-bond donors (Lipinski definition) is 1. The van der Waals surface area contributed by atoms with Gasteiger partial charge in [0.05, 0.1) is 5.56 Å². The highest BCUT2D eigenvalue weighted by molar-refractivity contribution is 6.04. The molecule has 5 atom stereocenters. The van der Waals surface area contributed by atoms with Crippen molar-refractivity contribution >= 4 is 22.8 Å². The molecule has 43 heavy (non-hydrogen) atoms. The zero-order valence-corrected chi connectivity index (χ0v) is 25.3. The van der Waals surface area contributed by atoms with Gasteiger partial charge < -0.3 is 24.4 Å². The Kier molecular flexibility index (Phi) is 7.06. The average Bonchev–Trinajstić information content (AvgIpc) is 3.55. The van der Waals surface area contributed by atoms with Crippen LogP contribution in [0.1, 0.15) is 89.1 Å². The van der Waals surface area contributed by atoms with Crippen molar-refractivity contribution in [3.8, 4) is 0 Å². The molecule has 0 radical (unpaired) electrons. The molecule has 2 aromatic carbocycles. The number of ether oxygens (including phenoxy) is 1. The molecule has 226 valence electrons. The first-order valence-corrected chi connectivity index (χ1v) is 16.7. The number of carbonyl (C=O) groups is 2. The molecule has 5 fully saturated rings. The van der Waals surface area contributed by atoms with Crippen LogP contribution >= 0.6 is 0 Å². The second-order valence-corrected chi connectivity index (χ2v) is 13.9. The quantitative estimate of drug-likeness (QED) is 0.408. The smallest absolute Gasteiger partial charge is 0.340 e. The van der Waals surface area contributed by atoms with Gasteiger partial charge in [-0.2, -0.15) is 0 Å². The summed E-state index contributed by atoms with van der Waals surface area (Å²) in [7, 11) is 2.19. The minimum absolute atomic E-state index is 0.0693. The third-order valence-electron chi connectivity index (χ3n) is 11.7. The summed E-state index contributed by atoms with van der Waals surface area (Å²) in [5, 5.41) is 0.943. The maximum absolute atomic E-state index is 13.1. The number of nitrogens with one attached hydrogen (secondary N) is 1. The number of esters is 1. The number of aromatic nitrogens is 1. The molecule has 7 nitrogen and oxygen atoms in total. The molecule has 7 aliphatic rings. The summed E-state index contributed by atoms with van der Waals surface area (Å²) in [5.41, 5.74) is 5.49. The van der Waals surface area contributed by atoms with E-state index in [1.807, 2.05) is 24.3 Å².